The van der Waals surface area contributed by atoms with Gasteiger partial charge < -0.3 is 4.74 Å². The van der Waals surface area contributed by atoms with Crippen LogP contribution in [0.1, 0.15) is 53.5 Å². The zero-order valence-corrected chi connectivity index (χ0v) is 19.8. The van der Waals surface area contributed by atoms with Crippen LogP contribution in [0.5, 0.6) is 0 Å². The van der Waals surface area contributed by atoms with E-state index in [0.717, 1.165) is 27.8 Å². The number of hydrogen-bond acceptors (Lipinski definition) is 4. The summed E-state index contributed by atoms with van der Waals surface area (Å²) < 4.78 is 5.62. The van der Waals surface area contributed by atoms with E-state index < -0.39 is 23.8 Å². The van der Waals surface area contributed by atoms with Crippen molar-refractivity contribution >= 4 is 17.8 Å². The Balaban J connectivity index is 1.37. The summed E-state index contributed by atoms with van der Waals surface area (Å²) in [5.74, 6) is -2.69. The maximum Gasteiger partial charge on any atom is 0.329 e. The maximum absolute atomic E-state index is 14.0. The first-order valence-electron chi connectivity index (χ1n) is 12.2. The molecule has 1 fully saturated rings. The topological polar surface area (TPSA) is 63.7 Å². The van der Waals surface area contributed by atoms with E-state index in [4.69, 9.17) is 4.74 Å². The molecule has 5 nitrogen and oxygen atoms in total. The third-order valence-corrected chi connectivity index (χ3v) is 7.86. The smallest absolute Gasteiger partial charge is 0.329 e. The number of ether oxygens (including phenoxy) is 1. The van der Waals surface area contributed by atoms with Crippen LogP contribution >= 0.6 is 0 Å². The molecule has 0 unspecified atom stereocenters. The molecule has 3 aromatic rings. The predicted octanol–water partition coefficient (Wildman–Crippen LogP) is 4.65. The van der Waals surface area contributed by atoms with Crippen LogP contribution in [0.25, 0.3) is 0 Å². The second-order valence-electron chi connectivity index (χ2n) is 10.1. The number of rotatable bonds is 5. The summed E-state index contributed by atoms with van der Waals surface area (Å²) in [4.78, 5) is 42.5. The number of nitrogens with zero attached hydrogens (tertiary/aromatic N) is 1. The number of carbonyl (C=O) groups excluding carboxylic acids is 3. The van der Waals surface area contributed by atoms with Crippen molar-refractivity contribution in [2.24, 2.45) is 17.8 Å². The summed E-state index contributed by atoms with van der Waals surface area (Å²) in [5, 5.41) is 0. The van der Waals surface area contributed by atoms with Crippen LogP contribution in [0.15, 0.2) is 78.9 Å². The van der Waals surface area contributed by atoms with Crippen molar-refractivity contribution in [3.63, 3.8) is 0 Å². The highest BCUT2D eigenvalue weighted by molar-refractivity contribution is 6.10. The van der Waals surface area contributed by atoms with Crippen LogP contribution in [0.2, 0.25) is 0 Å². The third kappa shape index (κ3) is 3.18. The van der Waals surface area contributed by atoms with Gasteiger partial charge >= 0.3 is 5.97 Å². The Morgan fingerprint density at radius 1 is 0.743 bits per heavy atom. The van der Waals surface area contributed by atoms with E-state index in [2.05, 4.69) is 24.3 Å². The molecule has 3 aliphatic carbocycles. The van der Waals surface area contributed by atoms with Gasteiger partial charge in [0.05, 0.1) is 11.8 Å². The van der Waals surface area contributed by atoms with Gasteiger partial charge in [0, 0.05) is 11.8 Å². The number of esters is 1. The molecule has 2 amide bonds. The van der Waals surface area contributed by atoms with Gasteiger partial charge in [-0.05, 0) is 33.7 Å². The average molecular weight is 466 g/mol. The fourth-order valence-electron chi connectivity index (χ4n) is 6.46. The van der Waals surface area contributed by atoms with Crippen LogP contribution in [0.4, 0.5) is 0 Å². The first kappa shape index (κ1) is 21.8. The van der Waals surface area contributed by atoms with Crippen LogP contribution in [0.3, 0.4) is 0 Å². The molecule has 0 N–H and O–H groups in total. The molecule has 0 radical (unpaired) electrons. The minimum absolute atomic E-state index is 0.105. The second-order valence-corrected chi connectivity index (χ2v) is 10.1. The van der Waals surface area contributed by atoms with E-state index in [1.165, 1.54) is 4.90 Å². The molecule has 3 atom stereocenters. The minimum Gasteiger partial charge on any atom is -0.459 e. The van der Waals surface area contributed by atoms with Gasteiger partial charge in [0.1, 0.15) is 12.6 Å². The zero-order chi connectivity index (χ0) is 24.3. The largest absolute Gasteiger partial charge is 0.459 e. The summed E-state index contributed by atoms with van der Waals surface area (Å²) in [6.07, 6.45) is 0. The van der Waals surface area contributed by atoms with E-state index >= 15 is 0 Å². The van der Waals surface area contributed by atoms with Crippen molar-refractivity contribution in [1.82, 2.24) is 4.90 Å². The van der Waals surface area contributed by atoms with E-state index in [0.29, 0.717) is 0 Å². The van der Waals surface area contributed by atoms with Crippen molar-refractivity contribution in [2.75, 3.05) is 0 Å². The lowest BCUT2D eigenvalue weighted by Crippen LogP contribution is -2.49. The van der Waals surface area contributed by atoms with Crippen LogP contribution in [0, 0.1) is 17.8 Å². The standard InChI is InChI=1S/C30H27NO4/c1-17(2)27(30(34)35-16-18-10-4-3-5-11-18)31-28(32)25-23-19-12-6-7-13-20(19)24(26(25)29(31)33)22-15-9-8-14-21(22)23/h3-15,17,23-27H,16H2,1-2H3/t23?,24?,25-,26-,27-/m0/s1. The fraction of sp³-hybridized carbons (Fsp3) is 0.300. The summed E-state index contributed by atoms with van der Waals surface area (Å²) in [6.45, 7) is 3.82. The van der Waals surface area contributed by atoms with Gasteiger partial charge in [0.15, 0.2) is 0 Å². The Bertz CT molecular complexity index is 1220. The molecular weight excluding hydrogens is 438 g/mol. The molecule has 1 aliphatic heterocycles. The number of amides is 2. The molecule has 1 heterocycles. The lowest BCUT2D eigenvalue weighted by molar-refractivity contribution is -0.161. The average Bonchev–Trinajstić information content (AvgIpc) is 3.14. The normalized spacial score (nSPS) is 24.7. The van der Waals surface area contributed by atoms with Crippen LogP contribution in [-0.2, 0) is 25.7 Å². The molecule has 0 saturated carbocycles. The Kier molecular flexibility index (Phi) is 5.10. The molecule has 5 heteroatoms. The number of carbonyl (C=O) groups is 3. The molecule has 2 bridgehead atoms. The Hall–Kier alpha value is -3.73. The Labute approximate surface area is 204 Å². The highest BCUT2D eigenvalue weighted by Gasteiger charge is 2.63. The molecule has 0 aromatic heterocycles. The van der Waals surface area contributed by atoms with E-state index in [9.17, 15) is 14.4 Å². The van der Waals surface area contributed by atoms with Gasteiger partial charge in [-0.3, -0.25) is 14.5 Å². The summed E-state index contributed by atoms with van der Waals surface area (Å²) >= 11 is 0. The van der Waals surface area contributed by atoms with Gasteiger partial charge in [0.25, 0.3) is 0 Å². The van der Waals surface area contributed by atoms with Crippen LogP contribution < -0.4 is 0 Å². The van der Waals surface area contributed by atoms with Crippen LogP contribution in [-0.4, -0.2) is 28.7 Å². The molecule has 1 saturated heterocycles. The first-order chi connectivity index (χ1) is 17.0. The number of hydrogen-bond donors (Lipinski definition) is 0. The molecule has 4 aliphatic rings. The van der Waals surface area contributed by atoms with Gasteiger partial charge in [0.2, 0.25) is 11.8 Å². The summed E-state index contributed by atoms with van der Waals surface area (Å²) in [7, 11) is 0. The highest BCUT2D eigenvalue weighted by Crippen LogP contribution is 2.61. The van der Waals surface area contributed by atoms with Crippen molar-refractivity contribution in [2.45, 2.75) is 38.3 Å². The summed E-state index contributed by atoms with van der Waals surface area (Å²) in [6, 6.07) is 24.8. The Morgan fingerprint density at radius 2 is 1.17 bits per heavy atom. The van der Waals surface area contributed by atoms with Crippen molar-refractivity contribution in [1.29, 1.82) is 0 Å². The minimum atomic E-state index is -0.949. The molecule has 7 rings (SSSR count). The van der Waals surface area contributed by atoms with Crippen molar-refractivity contribution in [3.05, 3.63) is 107 Å². The van der Waals surface area contributed by atoms with Gasteiger partial charge in [-0.25, -0.2) is 4.79 Å². The lowest BCUT2D eigenvalue weighted by Gasteiger charge is -2.45. The molecule has 35 heavy (non-hydrogen) atoms. The van der Waals surface area contributed by atoms with Crippen molar-refractivity contribution in [3.8, 4) is 0 Å². The monoisotopic (exact) mass is 465 g/mol. The fourth-order valence-corrected chi connectivity index (χ4v) is 6.46. The molecular formula is C30H27NO4. The molecule has 3 aromatic carbocycles. The summed E-state index contributed by atoms with van der Waals surface area (Å²) in [5.41, 5.74) is 5.34. The Morgan fingerprint density at radius 3 is 1.60 bits per heavy atom. The van der Waals surface area contributed by atoms with E-state index in [1.807, 2.05) is 68.4 Å². The van der Waals surface area contributed by atoms with Gasteiger partial charge in [-0.15, -0.1) is 0 Å². The van der Waals surface area contributed by atoms with E-state index in [-0.39, 0.29) is 36.2 Å². The maximum atomic E-state index is 14.0. The SMILES string of the molecule is CC(C)[C@@H](C(=O)OCc1ccccc1)N1C(=O)[C@H]2C3c4ccccc4C(c4ccccc43)[C@@H]2C1=O. The molecule has 0 spiro atoms. The van der Waals surface area contributed by atoms with Crippen molar-refractivity contribution < 1.29 is 19.1 Å². The lowest BCUT2D eigenvalue weighted by atomic mass is 9.55. The quantitative estimate of drug-likeness (QED) is 0.407. The predicted molar refractivity (Wildman–Crippen MR) is 130 cm³/mol. The molecule has 176 valence electrons. The first-order valence-corrected chi connectivity index (χ1v) is 12.2. The van der Waals surface area contributed by atoms with Gasteiger partial charge in [-0.1, -0.05) is 92.7 Å². The number of imide groups is 1. The third-order valence-electron chi connectivity index (χ3n) is 7.86. The van der Waals surface area contributed by atoms with Gasteiger partial charge in [-0.2, -0.15) is 0 Å². The zero-order valence-electron chi connectivity index (χ0n) is 19.8. The number of likely N-dealkylation sites (tertiary alicyclic amines) is 1. The second kappa shape index (κ2) is 8.19. The number of benzene rings is 3. The highest BCUT2D eigenvalue weighted by atomic mass is 16.5. The van der Waals surface area contributed by atoms with E-state index in [1.54, 1.807) is 0 Å².